The molecule has 8 heavy (non-hydrogen) atoms. The fourth-order valence-electron chi connectivity index (χ4n) is 0.198. The molecule has 0 aromatic rings. The Morgan fingerprint density at radius 3 is 2.25 bits per heavy atom. The molecule has 0 amide bonds. The van der Waals surface area contributed by atoms with Crippen molar-refractivity contribution < 1.29 is 9.30 Å². The summed E-state index contributed by atoms with van der Waals surface area (Å²) in [6, 6.07) is 0. The number of hydrogen-bond donors (Lipinski definition) is 0. The van der Waals surface area contributed by atoms with E-state index in [2.05, 4.69) is 4.74 Å². The Morgan fingerprint density at radius 1 is 1.62 bits per heavy atom. The zero-order valence-electron chi connectivity index (χ0n) is 4.43. The van der Waals surface area contributed by atoms with Gasteiger partial charge in [0.1, 0.15) is 6.35 Å². The van der Waals surface area contributed by atoms with Gasteiger partial charge in [0.2, 0.25) is 0 Å². The molecule has 0 heterocycles. The molecule has 0 aromatic heterocycles. The average Bonchev–Trinajstić information content (AvgIpc) is 1.59. The van der Waals surface area contributed by atoms with E-state index in [1.807, 2.05) is 0 Å². The summed E-state index contributed by atoms with van der Waals surface area (Å²) in [6.45, 7) is 2.27. The van der Waals surface area contributed by atoms with Crippen molar-refractivity contribution in [2.75, 3.05) is 13.0 Å². The molecule has 0 fully saturated rings. The predicted octanol–water partition coefficient (Wildman–Crippen LogP) is 2.65. The van der Waals surface area contributed by atoms with Crippen LogP contribution in [0.5, 0.6) is 0 Å². The van der Waals surface area contributed by atoms with Gasteiger partial charge in [0.25, 0.3) is 5.85 Å². The SMILES string of the molecule is CCOCP(=O)(Cl)Cl. The zero-order valence-corrected chi connectivity index (χ0v) is 6.84. The minimum absolute atomic E-state index is 0.0490. The minimum atomic E-state index is -2.96. The summed E-state index contributed by atoms with van der Waals surface area (Å²) in [4.78, 5) is 0. The second-order valence-electron chi connectivity index (χ2n) is 1.19. The molecule has 0 rings (SSSR count). The maximum Gasteiger partial charge on any atom is 0.277 e. The molecular formula is C3H7Cl2O2P. The van der Waals surface area contributed by atoms with Crippen LogP contribution in [0.1, 0.15) is 6.92 Å². The summed E-state index contributed by atoms with van der Waals surface area (Å²) < 4.78 is 15.1. The van der Waals surface area contributed by atoms with Crippen LogP contribution >= 0.6 is 28.3 Å². The van der Waals surface area contributed by atoms with Crippen LogP contribution in [0.2, 0.25) is 0 Å². The van der Waals surface area contributed by atoms with Crippen LogP contribution in [0.3, 0.4) is 0 Å². The third-order valence-corrected chi connectivity index (χ3v) is 1.51. The number of rotatable bonds is 3. The standard InChI is InChI=1S/C3H7Cl2O2P/c1-2-7-3-8(4,5)6/h2-3H2,1H3. The van der Waals surface area contributed by atoms with E-state index in [0.29, 0.717) is 6.61 Å². The second kappa shape index (κ2) is 3.73. The molecule has 0 spiro atoms. The van der Waals surface area contributed by atoms with Crippen LogP contribution in [0.4, 0.5) is 0 Å². The van der Waals surface area contributed by atoms with E-state index in [1.54, 1.807) is 6.92 Å². The minimum Gasteiger partial charge on any atom is -0.372 e. The number of hydrogen-bond acceptors (Lipinski definition) is 2. The van der Waals surface area contributed by atoms with Crippen molar-refractivity contribution >= 4 is 28.3 Å². The van der Waals surface area contributed by atoms with Crippen LogP contribution in [0.25, 0.3) is 0 Å². The molecule has 0 atom stereocenters. The lowest BCUT2D eigenvalue weighted by Gasteiger charge is -1.98. The fraction of sp³-hybridized carbons (Fsp3) is 1.00. The van der Waals surface area contributed by atoms with Gasteiger partial charge in [0.15, 0.2) is 0 Å². The molecule has 5 heteroatoms. The van der Waals surface area contributed by atoms with Gasteiger partial charge in [0.05, 0.1) is 0 Å². The van der Waals surface area contributed by atoms with Gasteiger partial charge in [-0.25, -0.2) is 0 Å². The molecule has 0 aliphatic rings. The summed E-state index contributed by atoms with van der Waals surface area (Å²) in [5.74, 6) is -2.96. The zero-order chi connectivity index (χ0) is 6.62. The number of ether oxygens (including phenoxy) is 1. The first kappa shape index (κ1) is 8.77. The molecule has 0 N–H and O–H groups in total. The van der Waals surface area contributed by atoms with E-state index in [4.69, 9.17) is 22.5 Å². The maximum absolute atomic E-state index is 10.4. The van der Waals surface area contributed by atoms with Crippen LogP contribution in [-0.4, -0.2) is 13.0 Å². The lowest BCUT2D eigenvalue weighted by molar-refractivity contribution is 0.194. The van der Waals surface area contributed by atoms with Gasteiger partial charge in [-0.1, -0.05) is 0 Å². The molecule has 0 unspecified atom stereocenters. The highest BCUT2D eigenvalue weighted by molar-refractivity contribution is 8.08. The van der Waals surface area contributed by atoms with Crippen molar-refractivity contribution in [2.24, 2.45) is 0 Å². The number of halogens is 2. The largest absolute Gasteiger partial charge is 0.372 e. The third-order valence-electron chi connectivity index (χ3n) is 0.446. The lowest BCUT2D eigenvalue weighted by atomic mass is 10.9. The first-order valence-electron chi connectivity index (χ1n) is 2.12. The van der Waals surface area contributed by atoms with Gasteiger partial charge >= 0.3 is 0 Å². The molecular weight excluding hydrogens is 170 g/mol. The van der Waals surface area contributed by atoms with Crippen molar-refractivity contribution in [3.05, 3.63) is 0 Å². The van der Waals surface area contributed by atoms with Crippen LogP contribution in [0.15, 0.2) is 0 Å². The van der Waals surface area contributed by atoms with E-state index < -0.39 is 5.85 Å². The van der Waals surface area contributed by atoms with E-state index in [-0.39, 0.29) is 6.35 Å². The van der Waals surface area contributed by atoms with Gasteiger partial charge in [-0.3, -0.25) is 4.57 Å². The lowest BCUT2D eigenvalue weighted by Crippen LogP contribution is -1.87. The molecule has 0 radical (unpaired) electrons. The normalized spacial score (nSPS) is 11.9. The molecule has 50 valence electrons. The molecule has 0 saturated heterocycles. The Labute approximate surface area is 58.1 Å². The highest BCUT2D eigenvalue weighted by Crippen LogP contribution is 2.56. The molecule has 0 bridgehead atoms. The molecule has 0 aliphatic carbocycles. The van der Waals surface area contributed by atoms with Crippen molar-refractivity contribution in [3.8, 4) is 0 Å². The van der Waals surface area contributed by atoms with Crippen LogP contribution in [0, 0.1) is 0 Å². The van der Waals surface area contributed by atoms with Crippen molar-refractivity contribution in [1.82, 2.24) is 0 Å². The highest BCUT2D eigenvalue weighted by Gasteiger charge is 2.11. The second-order valence-corrected chi connectivity index (χ2v) is 6.39. The Balaban J connectivity index is 3.26. The van der Waals surface area contributed by atoms with Crippen LogP contribution in [-0.2, 0) is 9.30 Å². The Bertz CT molecular complexity index is 99.5. The maximum atomic E-state index is 10.4. The topological polar surface area (TPSA) is 26.3 Å². The summed E-state index contributed by atoms with van der Waals surface area (Å²) in [5, 5.41) is 0. The van der Waals surface area contributed by atoms with E-state index >= 15 is 0 Å². The first-order valence-corrected chi connectivity index (χ1v) is 5.82. The molecule has 0 aromatic carbocycles. The Morgan fingerprint density at radius 2 is 2.12 bits per heavy atom. The van der Waals surface area contributed by atoms with Crippen LogP contribution < -0.4 is 0 Å². The van der Waals surface area contributed by atoms with E-state index in [0.717, 1.165) is 0 Å². The van der Waals surface area contributed by atoms with Crippen molar-refractivity contribution in [3.63, 3.8) is 0 Å². The fourth-order valence-corrected chi connectivity index (χ4v) is 1.01. The summed E-state index contributed by atoms with van der Waals surface area (Å²) in [5.41, 5.74) is 0. The highest BCUT2D eigenvalue weighted by atomic mass is 35.9. The molecule has 0 saturated carbocycles. The summed E-state index contributed by atoms with van der Waals surface area (Å²) >= 11 is 10.2. The van der Waals surface area contributed by atoms with Crippen molar-refractivity contribution in [1.29, 1.82) is 0 Å². The smallest absolute Gasteiger partial charge is 0.277 e. The quantitative estimate of drug-likeness (QED) is 0.619. The first-order chi connectivity index (χ1) is 3.56. The monoisotopic (exact) mass is 176 g/mol. The summed E-state index contributed by atoms with van der Waals surface area (Å²) in [7, 11) is 0. The van der Waals surface area contributed by atoms with Crippen molar-refractivity contribution in [2.45, 2.75) is 6.92 Å². The van der Waals surface area contributed by atoms with Gasteiger partial charge in [-0.05, 0) is 29.4 Å². The van der Waals surface area contributed by atoms with E-state index in [9.17, 15) is 4.57 Å². The van der Waals surface area contributed by atoms with Gasteiger partial charge in [-0.15, -0.1) is 0 Å². The third kappa shape index (κ3) is 6.77. The van der Waals surface area contributed by atoms with Gasteiger partial charge in [0, 0.05) is 6.61 Å². The molecule has 2 nitrogen and oxygen atoms in total. The van der Waals surface area contributed by atoms with Gasteiger partial charge in [-0.2, -0.15) is 0 Å². The summed E-state index contributed by atoms with van der Waals surface area (Å²) in [6.07, 6.45) is -0.0490. The molecule has 0 aliphatic heterocycles. The van der Waals surface area contributed by atoms with Gasteiger partial charge < -0.3 is 4.74 Å². The Hall–Kier alpha value is 0.770. The predicted molar refractivity (Wildman–Crippen MR) is 35.8 cm³/mol. The van der Waals surface area contributed by atoms with E-state index in [1.165, 1.54) is 0 Å². The average molecular weight is 177 g/mol. The Kier molecular flexibility index (Phi) is 4.09.